The fourth-order valence-electron chi connectivity index (χ4n) is 1.76. The van der Waals surface area contributed by atoms with Crippen molar-refractivity contribution in [3.63, 3.8) is 0 Å². The summed E-state index contributed by atoms with van der Waals surface area (Å²) in [7, 11) is 0. The maximum Gasteiger partial charge on any atom is 0.0374 e. The Morgan fingerprint density at radius 3 is 2.93 bits per heavy atom. The molecule has 1 unspecified atom stereocenters. The molecule has 1 fully saturated rings. The lowest BCUT2D eigenvalue weighted by Crippen LogP contribution is -2.18. The molecule has 1 saturated heterocycles. The van der Waals surface area contributed by atoms with Gasteiger partial charge in [0.25, 0.3) is 0 Å². The van der Waals surface area contributed by atoms with E-state index in [2.05, 4.69) is 37.4 Å². The summed E-state index contributed by atoms with van der Waals surface area (Å²) in [6.45, 7) is 4.32. The van der Waals surface area contributed by atoms with Crippen molar-refractivity contribution >= 4 is 17.4 Å². The highest BCUT2D eigenvalue weighted by Gasteiger charge is 2.15. The van der Waals surface area contributed by atoms with Gasteiger partial charge < -0.3 is 5.32 Å². The lowest BCUT2D eigenvalue weighted by atomic mass is 10.1. The van der Waals surface area contributed by atoms with Gasteiger partial charge in [0, 0.05) is 17.5 Å². The number of aryl methyl sites for hydroxylation is 2. The molecule has 1 nitrogen and oxygen atoms in total. The summed E-state index contributed by atoms with van der Waals surface area (Å²) in [6, 6.07) is 7.29. The van der Waals surface area contributed by atoms with Crippen LogP contribution in [0.2, 0.25) is 0 Å². The van der Waals surface area contributed by atoms with Crippen LogP contribution in [0.1, 0.15) is 17.5 Å². The zero-order valence-corrected chi connectivity index (χ0v) is 9.66. The molecule has 2 rings (SSSR count). The van der Waals surface area contributed by atoms with Crippen LogP contribution in [-0.2, 0) is 0 Å². The van der Waals surface area contributed by atoms with Gasteiger partial charge >= 0.3 is 0 Å². The fraction of sp³-hybridized carbons (Fsp3) is 0.500. The zero-order chi connectivity index (χ0) is 9.97. The SMILES string of the molecule is Cc1ccc(C)c(NC2CCSC2)c1. The third-order valence-electron chi connectivity index (χ3n) is 2.68. The highest BCUT2D eigenvalue weighted by molar-refractivity contribution is 7.99. The second-order valence-electron chi connectivity index (χ2n) is 4.02. The third-order valence-corrected chi connectivity index (χ3v) is 3.84. The molecular weight excluding hydrogens is 190 g/mol. The van der Waals surface area contributed by atoms with Gasteiger partial charge in [0.2, 0.25) is 0 Å². The van der Waals surface area contributed by atoms with Crippen molar-refractivity contribution in [3.05, 3.63) is 29.3 Å². The van der Waals surface area contributed by atoms with Crippen LogP contribution in [0.15, 0.2) is 18.2 Å². The van der Waals surface area contributed by atoms with Gasteiger partial charge in [-0.15, -0.1) is 0 Å². The average Bonchev–Trinajstić information content (AvgIpc) is 2.64. The van der Waals surface area contributed by atoms with Crippen molar-refractivity contribution in [2.45, 2.75) is 26.3 Å². The number of hydrogen-bond acceptors (Lipinski definition) is 2. The van der Waals surface area contributed by atoms with E-state index in [1.54, 1.807) is 0 Å². The van der Waals surface area contributed by atoms with Crippen LogP contribution in [0.3, 0.4) is 0 Å². The Bertz CT molecular complexity index is 316. The van der Waals surface area contributed by atoms with E-state index < -0.39 is 0 Å². The first-order chi connectivity index (χ1) is 6.75. The highest BCUT2D eigenvalue weighted by atomic mass is 32.2. The highest BCUT2D eigenvalue weighted by Crippen LogP contribution is 2.23. The summed E-state index contributed by atoms with van der Waals surface area (Å²) in [5.74, 6) is 2.57. The molecule has 0 amide bonds. The Hall–Kier alpha value is -0.630. The first kappa shape index (κ1) is 9.91. The largest absolute Gasteiger partial charge is 0.381 e. The molecule has 1 atom stereocenters. The van der Waals surface area contributed by atoms with E-state index in [1.807, 2.05) is 11.8 Å². The van der Waals surface area contributed by atoms with Gasteiger partial charge in [0.1, 0.15) is 0 Å². The molecule has 0 aromatic heterocycles. The van der Waals surface area contributed by atoms with E-state index in [1.165, 1.54) is 34.7 Å². The second-order valence-corrected chi connectivity index (χ2v) is 5.17. The minimum atomic E-state index is 0.681. The van der Waals surface area contributed by atoms with Crippen LogP contribution < -0.4 is 5.32 Å². The van der Waals surface area contributed by atoms with E-state index in [4.69, 9.17) is 0 Å². The first-order valence-corrected chi connectivity index (χ1v) is 6.33. The normalized spacial score (nSPS) is 21.1. The van der Waals surface area contributed by atoms with E-state index in [9.17, 15) is 0 Å². The smallest absolute Gasteiger partial charge is 0.0374 e. The summed E-state index contributed by atoms with van der Waals surface area (Å²) in [6.07, 6.45) is 1.30. The van der Waals surface area contributed by atoms with Crippen molar-refractivity contribution in [2.75, 3.05) is 16.8 Å². The van der Waals surface area contributed by atoms with E-state index >= 15 is 0 Å². The quantitative estimate of drug-likeness (QED) is 0.799. The monoisotopic (exact) mass is 207 g/mol. The summed E-state index contributed by atoms with van der Waals surface area (Å²) in [5.41, 5.74) is 4.01. The Morgan fingerprint density at radius 1 is 1.36 bits per heavy atom. The molecule has 0 spiro atoms. The minimum absolute atomic E-state index is 0.681. The predicted molar refractivity (Wildman–Crippen MR) is 65.3 cm³/mol. The second kappa shape index (κ2) is 4.26. The van der Waals surface area contributed by atoms with Gasteiger partial charge in [-0.2, -0.15) is 11.8 Å². The number of nitrogens with one attached hydrogen (secondary N) is 1. The van der Waals surface area contributed by atoms with Gasteiger partial charge in [0.15, 0.2) is 0 Å². The van der Waals surface area contributed by atoms with Gasteiger partial charge in [0.05, 0.1) is 0 Å². The topological polar surface area (TPSA) is 12.0 Å². The van der Waals surface area contributed by atoms with E-state index in [-0.39, 0.29) is 0 Å². The van der Waals surface area contributed by atoms with Crippen molar-refractivity contribution < 1.29 is 0 Å². The lowest BCUT2D eigenvalue weighted by Gasteiger charge is -2.15. The molecule has 14 heavy (non-hydrogen) atoms. The minimum Gasteiger partial charge on any atom is -0.381 e. The van der Waals surface area contributed by atoms with Crippen molar-refractivity contribution in [1.29, 1.82) is 0 Å². The maximum atomic E-state index is 3.63. The molecular formula is C12H17NS. The molecule has 0 aliphatic carbocycles. The number of anilines is 1. The van der Waals surface area contributed by atoms with E-state index in [0.717, 1.165) is 0 Å². The summed E-state index contributed by atoms with van der Waals surface area (Å²) in [5, 5.41) is 3.63. The maximum absolute atomic E-state index is 3.63. The fourth-order valence-corrected chi connectivity index (χ4v) is 2.91. The molecule has 0 radical (unpaired) electrons. The zero-order valence-electron chi connectivity index (χ0n) is 8.84. The molecule has 1 heterocycles. The molecule has 1 aromatic rings. The molecule has 2 heteroatoms. The van der Waals surface area contributed by atoms with Crippen LogP contribution in [0.5, 0.6) is 0 Å². The summed E-state index contributed by atoms with van der Waals surface area (Å²) >= 11 is 2.05. The van der Waals surface area contributed by atoms with Crippen molar-refractivity contribution in [1.82, 2.24) is 0 Å². The Balaban J connectivity index is 2.10. The summed E-state index contributed by atoms with van der Waals surface area (Å²) < 4.78 is 0. The van der Waals surface area contributed by atoms with E-state index in [0.29, 0.717) is 6.04 Å². The standard InChI is InChI=1S/C12H17NS/c1-9-3-4-10(2)12(7-9)13-11-5-6-14-8-11/h3-4,7,11,13H,5-6,8H2,1-2H3. The van der Waals surface area contributed by atoms with Crippen molar-refractivity contribution in [2.24, 2.45) is 0 Å². The Labute approximate surface area is 90.3 Å². The molecule has 1 aliphatic rings. The van der Waals surface area contributed by atoms with Crippen molar-refractivity contribution in [3.8, 4) is 0 Å². The molecule has 0 bridgehead atoms. The van der Waals surface area contributed by atoms with Gasteiger partial charge in [-0.05, 0) is 43.2 Å². The molecule has 1 aromatic carbocycles. The number of rotatable bonds is 2. The molecule has 76 valence electrons. The Morgan fingerprint density at radius 2 is 2.21 bits per heavy atom. The van der Waals surface area contributed by atoms with Crippen LogP contribution in [0.25, 0.3) is 0 Å². The van der Waals surface area contributed by atoms with Gasteiger partial charge in [-0.25, -0.2) is 0 Å². The van der Waals surface area contributed by atoms with Crippen LogP contribution >= 0.6 is 11.8 Å². The number of hydrogen-bond donors (Lipinski definition) is 1. The van der Waals surface area contributed by atoms with Gasteiger partial charge in [-0.3, -0.25) is 0 Å². The molecule has 0 saturated carbocycles. The average molecular weight is 207 g/mol. The van der Waals surface area contributed by atoms with Crippen LogP contribution in [0.4, 0.5) is 5.69 Å². The number of benzene rings is 1. The third kappa shape index (κ3) is 2.24. The first-order valence-electron chi connectivity index (χ1n) is 5.17. The van der Waals surface area contributed by atoms with Gasteiger partial charge in [-0.1, -0.05) is 12.1 Å². The molecule has 1 aliphatic heterocycles. The summed E-state index contributed by atoms with van der Waals surface area (Å²) in [4.78, 5) is 0. The predicted octanol–water partition coefficient (Wildman–Crippen LogP) is 3.22. The number of thioether (sulfide) groups is 1. The Kier molecular flexibility index (Phi) is 3.02. The van der Waals surface area contributed by atoms with Crippen LogP contribution in [-0.4, -0.2) is 17.5 Å². The lowest BCUT2D eigenvalue weighted by molar-refractivity contribution is 0.811. The molecule has 1 N–H and O–H groups in total. The van der Waals surface area contributed by atoms with Crippen LogP contribution in [0, 0.1) is 13.8 Å².